The van der Waals surface area contributed by atoms with Gasteiger partial charge < -0.3 is 0 Å². The highest BCUT2D eigenvalue weighted by molar-refractivity contribution is 5.92. The lowest BCUT2D eigenvalue weighted by molar-refractivity contribution is 1.24. The van der Waals surface area contributed by atoms with Crippen molar-refractivity contribution in [2.24, 2.45) is 5.10 Å². The first-order valence-corrected chi connectivity index (χ1v) is 6.92. The lowest BCUT2D eigenvalue weighted by Gasteiger charge is -2.06. The van der Waals surface area contributed by atoms with E-state index in [1.54, 1.807) is 18.3 Å². The molecule has 4 heteroatoms. The molecule has 1 heterocycles. The molecule has 4 nitrogen and oxygen atoms in total. The summed E-state index contributed by atoms with van der Waals surface area (Å²) in [6.45, 7) is 1.96. The highest BCUT2D eigenvalue weighted by Gasteiger charge is 2.02. The minimum Gasteiger partial charge on any atom is -0.278 e. The largest absolute Gasteiger partial charge is 0.278 e. The SMILES string of the molecule is Cc1cc(N/N=C/c2ccc(C#N)cc2)c2ccccc2n1. The Morgan fingerprint density at radius 1 is 1.14 bits per heavy atom. The molecule has 1 N–H and O–H groups in total. The number of hydrogen-bond donors (Lipinski definition) is 1. The van der Waals surface area contributed by atoms with Crippen molar-refractivity contribution in [2.45, 2.75) is 6.92 Å². The van der Waals surface area contributed by atoms with Gasteiger partial charge >= 0.3 is 0 Å². The standard InChI is InChI=1S/C18H14N4/c1-13-10-18(16-4-2-3-5-17(16)21-13)22-20-12-15-8-6-14(11-19)7-9-15/h2-10,12H,1H3,(H,21,22)/b20-12+. The summed E-state index contributed by atoms with van der Waals surface area (Å²) in [5.74, 6) is 0. The summed E-state index contributed by atoms with van der Waals surface area (Å²) in [6, 6.07) is 19.3. The maximum absolute atomic E-state index is 8.78. The molecule has 0 unspecified atom stereocenters. The quantitative estimate of drug-likeness (QED) is 0.587. The lowest BCUT2D eigenvalue weighted by atomic mass is 10.1. The number of nitrogens with zero attached hydrogens (tertiary/aromatic N) is 3. The Morgan fingerprint density at radius 2 is 1.91 bits per heavy atom. The molecule has 3 rings (SSSR count). The second-order valence-corrected chi connectivity index (χ2v) is 4.93. The van der Waals surface area contributed by atoms with Crippen LogP contribution in [-0.2, 0) is 0 Å². The Morgan fingerprint density at radius 3 is 2.68 bits per heavy atom. The average molecular weight is 286 g/mol. The summed E-state index contributed by atoms with van der Waals surface area (Å²) in [7, 11) is 0. The Kier molecular flexibility index (Phi) is 3.80. The third-order valence-electron chi connectivity index (χ3n) is 3.28. The molecule has 3 aromatic rings. The lowest BCUT2D eigenvalue weighted by Crippen LogP contribution is -1.94. The highest BCUT2D eigenvalue weighted by Crippen LogP contribution is 2.22. The maximum atomic E-state index is 8.78. The summed E-state index contributed by atoms with van der Waals surface area (Å²) < 4.78 is 0. The maximum Gasteiger partial charge on any atom is 0.0991 e. The van der Waals surface area contributed by atoms with Crippen LogP contribution in [-0.4, -0.2) is 11.2 Å². The van der Waals surface area contributed by atoms with Gasteiger partial charge in [0.25, 0.3) is 0 Å². The predicted octanol–water partition coefficient (Wildman–Crippen LogP) is 3.86. The van der Waals surface area contributed by atoms with E-state index in [2.05, 4.69) is 21.6 Å². The third kappa shape index (κ3) is 2.94. The molecule has 1 aromatic heterocycles. The molecule has 2 aromatic carbocycles. The molecule has 0 bridgehead atoms. The number of pyridine rings is 1. The van der Waals surface area contributed by atoms with Crippen LogP contribution < -0.4 is 5.43 Å². The second kappa shape index (κ2) is 6.06. The topological polar surface area (TPSA) is 61.1 Å². The second-order valence-electron chi connectivity index (χ2n) is 4.93. The highest BCUT2D eigenvalue weighted by atomic mass is 15.3. The number of hydrogen-bond acceptors (Lipinski definition) is 4. The predicted molar refractivity (Wildman–Crippen MR) is 88.9 cm³/mol. The van der Waals surface area contributed by atoms with Gasteiger partial charge in [0, 0.05) is 11.1 Å². The molecular formula is C18H14N4. The molecule has 0 saturated heterocycles. The van der Waals surface area contributed by atoms with Crippen molar-refractivity contribution < 1.29 is 0 Å². The van der Waals surface area contributed by atoms with Crippen LogP contribution in [0.1, 0.15) is 16.8 Å². The van der Waals surface area contributed by atoms with Crippen LogP contribution in [0.5, 0.6) is 0 Å². The van der Waals surface area contributed by atoms with Crippen LogP contribution >= 0.6 is 0 Å². The van der Waals surface area contributed by atoms with Gasteiger partial charge in [-0.2, -0.15) is 10.4 Å². The molecular weight excluding hydrogens is 272 g/mol. The minimum absolute atomic E-state index is 0.640. The molecule has 106 valence electrons. The number of anilines is 1. The van der Waals surface area contributed by atoms with Crippen LogP contribution in [0, 0.1) is 18.3 Å². The van der Waals surface area contributed by atoms with Gasteiger partial charge in [-0.15, -0.1) is 0 Å². The zero-order valence-corrected chi connectivity index (χ0v) is 12.1. The molecule has 0 amide bonds. The Bertz CT molecular complexity index is 874. The minimum atomic E-state index is 0.640. The van der Waals surface area contributed by atoms with Crippen molar-refractivity contribution in [3.8, 4) is 6.07 Å². The molecule has 0 aliphatic heterocycles. The number of aryl methyl sites for hydroxylation is 1. The third-order valence-corrected chi connectivity index (χ3v) is 3.28. The normalized spacial score (nSPS) is 10.7. The van der Waals surface area contributed by atoms with Gasteiger partial charge in [0.1, 0.15) is 0 Å². The summed E-state index contributed by atoms with van der Waals surface area (Å²) in [5.41, 5.74) is 7.45. The van der Waals surface area contributed by atoms with E-state index in [1.807, 2.05) is 49.4 Å². The van der Waals surface area contributed by atoms with E-state index in [0.29, 0.717) is 5.56 Å². The number of para-hydroxylation sites is 1. The molecule has 0 spiro atoms. The summed E-state index contributed by atoms with van der Waals surface area (Å²) in [5, 5.41) is 14.1. The first-order valence-electron chi connectivity index (χ1n) is 6.92. The zero-order chi connectivity index (χ0) is 15.4. The van der Waals surface area contributed by atoms with E-state index in [-0.39, 0.29) is 0 Å². The Balaban J connectivity index is 1.84. The van der Waals surface area contributed by atoms with Crippen LogP contribution in [0.15, 0.2) is 59.7 Å². The fraction of sp³-hybridized carbons (Fsp3) is 0.0556. The number of aromatic nitrogens is 1. The summed E-state index contributed by atoms with van der Waals surface area (Å²) >= 11 is 0. The number of fused-ring (bicyclic) bond motifs is 1. The number of hydrazone groups is 1. The summed E-state index contributed by atoms with van der Waals surface area (Å²) in [4.78, 5) is 4.50. The van der Waals surface area contributed by atoms with Crippen molar-refractivity contribution in [1.29, 1.82) is 5.26 Å². The molecule has 0 aliphatic rings. The fourth-order valence-corrected chi connectivity index (χ4v) is 2.22. The molecule has 0 radical (unpaired) electrons. The molecule has 0 aliphatic carbocycles. The Labute approximate surface area is 128 Å². The van der Waals surface area contributed by atoms with Crippen LogP contribution in [0.2, 0.25) is 0 Å². The number of nitriles is 1. The van der Waals surface area contributed by atoms with Crippen molar-refractivity contribution in [1.82, 2.24) is 4.98 Å². The van der Waals surface area contributed by atoms with Gasteiger partial charge in [0.15, 0.2) is 0 Å². The van der Waals surface area contributed by atoms with Gasteiger partial charge in [0.2, 0.25) is 0 Å². The van der Waals surface area contributed by atoms with Gasteiger partial charge in [-0.1, -0.05) is 30.3 Å². The molecule has 0 saturated carbocycles. The van der Waals surface area contributed by atoms with Crippen LogP contribution in [0.25, 0.3) is 10.9 Å². The number of rotatable bonds is 3. The van der Waals surface area contributed by atoms with Crippen LogP contribution in [0.3, 0.4) is 0 Å². The monoisotopic (exact) mass is 286 g/mol. The van der Waals surface area contributed by atoms with E-state index in [1.165, 1.54) is 0 Å². The van der Waals surface area contributed by atoms with E-state index in [9.17, 15) is 0 Å². The first kappa shape index (κ1) is 13.8. The van der Waals surface area contributed by atoms with E-state index < -0.39 is 0 Å². The molecule has 22 heavy (non-hydrogen) atoms. The summed E-state index contributed by atoms with van der Waals surface area (Å²) in [6.07, 6.45) is 1.73. The van der Waals surface area contributed by atoms with Gasteiger partial charge in [-0.3, -0.25) is 10.4 Å². The van der Waals surface area contributed by atoms with Crippen molar-refractivity contribution in [2.75, 3.05) is 5.43 Å². The van der Waals surface area contributed by atoms with Gasteiger partial charge in [-0.05, 0) is 36.8 Å². The smallest absolute Gasteiger partial charge is 0.0991 e. The molecule has 0 atom stereocenters. The van der Waals surface area contributed by atoms with E-state index in [0.717, 1.165) is 27.8 Å². The number of benzene rings is 2. The Hall–Kier alpha value is -3.19. The average Bonchev–Trinajstić information content (AvgIpc) is 2.55. The van der Waals surface area contributed by atoms with E-state index >= 15 is 0 Å². The molecule has 0 fully saturated rings. The first-order chi connectivity index (χ1) is 10.8. The van der Waals surface area contributed by atoms with E-state index in [4.69, 9.17) is 5.26 Å². The number of nitrogens with one attached hydrogen (secondary N) is 1. The van der Waals surface area contributed by atoms with Gasteiger partial charge in [-0.25, -0.2) is 0 Å². The fourth-order valence-electron chi connectivity index (χ4n) is 2.22. The van der Waals surface area contributed by atoms with Crippen molar-refractivity contribution in [3.63, 3.8) is 0 Å². The zero-order valence-electron chi connectivity index (χ0n) is 12.1. The van der Waals surface area contributed by atoms with Gasteiger partial charge in [0.05, 0.1) is 29.1 Å². The van der Waals surface area contributed by atoms with Crippen LogP contribution in [0.4, 0.5) is 5.69 Å². The van der Waals surface area contributed by atoms with Crippen molar-refractivity contribution in [3.05, 3.63) is 71.4 Å². The van der Waals surface area contributed by atoms with Crippen molar-refractivity contribution >= 4 is 22.8 Å².